The summed E-state index contributed by atoms with van der Waals surface area (Å²) < 4.78 is 0. The van der Waals surface area contributed by atoms with Crippen molar-refractivity contribution in [1.29, 1.82) is 0 Å². The van der Waals surface area contributed by atoms with E-state index in [9.17, 15) is 0 Å². The summed E-state index contributed by atoms with van der Waals surface area (Å²) in [5.41, 5.74) is 10.5. The van der Waals surface area contributed by atoms with Crippen LogP contribution in [0.25, 0.3) is 0 Å². The molecule has 0 amide bonds. The molecule has 0 aromatic rings. The molecule has 0 aromatic heterocycles. The molecule has 1 unspecified atom stereocenters. The van der Waals surface area contributed by atoms with Crippen LogP contribution in [0.2, 0.25) is 0 Å². The first kappa shape index (κ1) is 9.92. The molecule has 1 atom stereocenters. The van der Waals surface area contributed by atoms with E-state index in [-0.39, 0.29) is 0 Å². The monoisotopic (exact) mass is 172 g/mol. The van der Waals surface area contributed by atoms with Crippen LogP contribution in [-0.2, 0) is 0 Å². The molecule has 4 nitrogen and oxygen atoms in total. The number of nitrogens with zero attached hydrogens (tertiary/aromatic N) is 1. The Hall–Kier alpha value is -0.160. The maximum atomic E-state index is 5.23. The van der Waals surface area contributed by atoms with Crippen LogP contribution in [-0.4, -0.2) is 50.2 Å². The first-order chi connectivity index (χ1) is 5.86. The molecule has 2 aliphatic rings. The second-order valence-electron chi connectivity index (χ2n) is 3.31. The molecule has 5 N–H and O–H groups in total. The van der Waals surface area contributed by atoms with E-state index >= 15 is 0 Å². The highest BCUT2D eigenvalue weighted by Crippen LogP contribution is 1.99. The van der Waals surface area contributed by atoms with E-state index in [4.69, 9.17) is 11.5 Å². The lowest BCUT2D eigenvalue weighted by atomic mass is 10.3. The molecular weight excluding hydrogens is 152 g/mol. The van der Waals surface area contributed by atoms with E-state index in [2.05, 4.69) is 10.2 Å². The van der Waals surface area contributed by atoms with Gasteiger partial charge in [0.15, 0.2) is 0 Å². The van der Waals surface area contributed by atoms with Crippen molar-refractivity contribution in [1.82, 2.24) is 10.2 Å². The van der Waals surface area contributed by atoms with E-state index in [1.807, 2.05) is 0 Å². The second-order valence-corrected chi connectivity index (χ2v) is 3.31. The molecule has 0 bridgehead atoms. The molecule has 0 spiro atoms. The minimum absolute atomic E-state index is 0.773. The standard InChI is InChI=1S/2C4H10N2/c5-1-2-6-3-4-6;5-2-1-4-3-6-4/h1-5H2;4,6H,1-3,5H2. The van der Waals surface area contributed by atoms with Gasteiger partial charge in [-0.25, -0.2) is 0 Å². The van der Waals surface area contributed by atoms with Crippen molar-refractivity contribution >= 4 is 0 Å². The van der Waals surface area contributed by atoms with E-state index in [0.29, 0.717) is 0 Å². The molecule has 2 heterocycles. The van der Waals surface area contributed by atoms with Crippen LogP contribution in [0.1, 0.15) is 6.42 Å². The highest BCUT2D eigenvalue weighted by atomic mass is 15.3. The van der Waals surface area contributed by atoms with Crippen molar-refractivity contribution < 1.29 is 0 Å². The molecule has 0 aliphatic carbocycles. The van der Waals surface area contributed by atoms with E-state index in [1.165, 1.54) is 19.6 Å². The molecule has 0 radical (unpaired) electrons. The topological polar surface area (TPSA) is 77.0 Å². The maximum Gasteiger partial charge on any atom is 0.0205 e. The zero-order chi connectivity index (χ0) is 8.81. The van der Waals surface area contributed by atoms with Gasteiger partial charge >= 0.3 is 0 Å². The fourth-order valence-corrected chi connectivity index (χ4v) is 0.966. The molecule has 12 heavy (non-hydrogen) atoms. The van der Waals surface area contributed by atoms with Gasteiger partial charge in [0.2, 0.25) is 0 Å². The van der Waals surface area contributed by atoms with E-state index in [1.54, 1.807) is 0 Å². The average Bonchev–Trinajstić information content (AvgIpc) is 2.81. The molecule has 0 saturated carbocycles. The number of nitrogens with two attached hydrogens (primary N) is 2. The third kappa shape index (κ3) is 5.49. The molecule has 2 rings (SSSR count). The lowest BCUT2D eigenvalue weighted by Crippen LogP contribution is -2.11. The van der Waals surface area contributed by atoms with Gasteiger partial charge in [-0.3, -0.25) is 4.90 Å². The Bertz CT molecular complexity index is 95.6. The summed E-state index contributed by atoms with van der Waals surface area (Å²) in [6.07, 6.45) is 1.15. The van der Waals surface area contributed by atoms with Gasteiger partial charge in [-0.1, -0.05) is 0 Å². The number of hydrogen-bond acceptors (Lipinski definition) is 4. The zero-order valence-electron chi connectivity index (χ0n) is 7.63. The van der Waals surface area contributed by atoms with Crippen LogP contribution < -0.4 is 16.8 Å². The Morgan fingerprint density at radius 2 is 1.92 bits per heavy atom. The lowest BCUT2D eigenvalue weighted by Gasteiger charge is -1.89. The van der Waals surface area contributed by atoms with E-state index in [0.717, 1.165) is 32.1 Å². The minimum atomic E-state index is 0.773. The predicted molar refractivity (Wildman–Crippen MR) is 51.0 cm³/mol. The summed E-state index contributed by atoms with van der Waals surface area (Å²) >= 11 is 0. The van der Waals surface area contributed by atoms with Crippen molar-refractivity contribution in [2.45, 2.75) is 12.5 Å². The molecule has 2 aliphatic heterocycles. The van der Waals surface area contributed by atoms with Crippen molar-refractivity contribution in [2.24, 2.45) is 11.5 Å². The van der Waals surface area contributed by atoms with Crippen molar-refractivity contribution in [2.75, 3.05) is 39.3 Å². The summed E-state index contributed by atoms with van der Waals surface area (Å²) in [4.78, 5) is 2.31. The maximum absolute atomic E-state index is 5.23. The fraction of sp³-hybridized carbons (Fsp3) is 1.00. The van der Waals surface area contributed by atoms with Gasteiger partial charge in [0.05, 0.1) is 0 Å². The van der Waals surface area contributed by atoms with Gasteiger partial charge in [-0.05, 0) is 13.0 Å². The van der Waals surface area contributed by atoms with Crippen LogP contribution >= 0.6 is 0 Å². The summed E-state index contributed by atoms with van der Waals surface area (Å²) in [6, 6.07) is 0.773. The van der Waals surface area contributed by atoms with Gasteiger partial charge in [-0.15, -0.1) is 0 Å². The predicted octanol–water partition coefficient (Wildman–Crippen LogP) is -1.43. The molecule has 4 heteroatoms. The highest BCUT2D eigenvalue weighted by molar-refractivity contribution is 4.82. The van der Waals surface area contributed by atoms with Crippen molar-refractivity contribution in [3.63, 3.8) is 0 Å². The Labute approximate surface area is 74.3 Å². The first-order valence-electron chi connectivity index (χ1n) is 4.72. The first-order valence-corrected chi connectivity index (χ1v) is 4.72. The summed E-state index contributed by atoms with van der Waals surface area (Å²) in [6.45, 7) is 6.49. The second kappa shape index (κ2) is 5.48. The van der Waals surface area contributed by atoms with Crippen molar-refractivity contribution in [3.8, 4) is 0 Å². The molecule has 72 valence electrons. The Morgan fingerprint density at radius 1 is 1.25 bits per heavy atom. The quantitative estimate of drug-likeness (QED) is 0.454. The Kier molecular flexibility index (Phi) is 4.53. The van der Waals surface area contributed by atoms with Crippen LogP contribution in [0.3, 0.4) is 0 Å². The molecule has 0 aromatic carbocycles. The third-order valence-corrected chi connectivity index (χ3v) is 1.99. The smallest absolute Gasteiger partial charge is 0.0205 e. The summed E-state index contributed by atoms with van der Waals surface area (Å²) in [5.74, 6) is 0. The van der Waals surface area contributed by atoms with Crippen molar-refractivity contribution in [3.05, 3.63) is 0 Å². The minimum Gasteiger partial charge on any atom is -0.330 e. The van der Waals surface area contributed by atoms with Crippen LogP contribution in [0, 0.1) is 0 Å². The van der Waals surface area contributed by atoms with Crippen LogP contribution in [0.4, 0.5) is 0 Å². The van der Waals surface area contributed by atoms with Crippen LogP contribution in [0.5, 0.6) is 0 Å². The molecular formula is C8H20N4. The van der Waals surface area contributed by atoms with Gasteiger partial charge in [0.25, 0.3) is 0 Å². The molecule has 2 fully saturated rings. The Morgan fingerprint density at radius 3 is 2.08 bits per heavy atom. The molecule has 2 saturated heterocycles. The van der Waals surface area contributed by atoms with E-state index < -0.39 is 0 Å². The normalized spacial score (nSPS) is 26.0. The lowest BCUT2D eigenvalue weighted by molar-refractivity contribution is 0.569. The zero-order valence-corrected chi connectivity index (χ0v) is 7.63. The largest absolute Gasteiger partial charge is 0.330 e. The highest BCUT2D eigenvalue weighted by Gasteiger charge is 2.17. The van der Waals surface area contributed by atoms with Gasteiger partial charge < -0.3 is 16.8 Å². The van der Waals surface area contributed by atoms with Crippen LogP contribution in [0.15, 0.2) is 0 Å². The summed E-state index contributed by atoms with van der Waals surface area (Å²) in [7, 11) is 0. The fourth-order valence-electron chi connectivity index (χ4n) is 0.966. The number of hydrogen-bond donors (Lipinski definition) is 3. The average molecular weight is 172 g/mol. The van der Waals surface area contributed by atoms with Gasteiger partial charge in [0.1, 0.15) is 0 Å². The Balaban J connectivity index is 0.000000120. The summed E-state index contributed by atoms with van der Waals surface area (Å²) in [5, 5.41) is 3.16. The van der Waals surface area contributed by atoms with Gasteiger partial charge in [-0.2, -0.15) is 0 Å². The number of rotatable bonds is 4. The number of nitrogens with one attached hydrogen (secondary N) is 1. The SMILES string of the molecule is NCCC1CN1.NCCN1CC1. The van der Waals surface area contributed by atoms with Gasteiger partial charge in [0, 0.05) is 38.8 Å². The third-order valence-electron chi connectivity index (χ3n) is 1.99.